The van der Waals surface area contributed by atoms with Crippen LogP contribution in [0, 0.1) is 5.92 Å². The van der Waals surface area contributed by atoms with E-state index in [1.54, 1.807) is 0 Å². The Hall–Kier alpha value is -3.33. The van der Waals surface area contributed by atoms with Crippen LogP contribution in [-0.4, -0.2) is 16.7 Å². The number of para-hydroxylation sites is 1. The van der Waals surface area contributed by atoms with Crippen LogP contribution < -0.4 is 5.32 Å². The summed E-state index contributed by atoms with van der Waals surface area (Å²) in [6.07, 6.45) is 19.1. The van der Waals surface area contributed by atoms with E-state index in [0.29, 0.717) is 5.92 Å². The molecule has 0 spiro atoms. The van der Waals surface area contributed by atoms with E-state index in [4.69, 9.17) is 4.99 Å². The molecule has 0 radical (unpaired) electrons. The zero-order valence-corrected chi connectivity index (χ0v) is 17.6. The first-order chi connectivity index (χ1) is 14.6. The number of dihydropyridines is 1. The number of nitrogens with one attached hydrogen (secondary N) is 2. The normalized spacial score (nSPS) is 27.3. The summed E-state index contributed by atoms with van der Waals surface area (Å²) < 4.78 is 0. The molecule has 2 unspecified atom stereocenters. The zero-order valence-electron chi connectivity index (χ0n) is 17.6. The smallest absolute Gasteiger partial charge is 0.112 e. The van der Waals surface area contributed by atoms with Crippen molar-refractivity contribution in [1.29, 1.82) is 0 Å². The van der Waals surface area contributed by atoms with Gasteiger partial charge in [-0.15, -0.1) is 0 Å². The number of fused-ring (bicyclic) bond motifs is 4. The summed E-state index contributed by atoms with van der Waals surface area (Å²) in [7, 11) is 0. The van der Waals surface area contributed by atoms with Gasteiger partial charge in [0.2, 0.25) is 0 Å². The Morgan fingerprint density at radius 1 is 1.23 bits per heavy atom. The van der Waals surface area contributed by atoms with Crippen LogP contribution in [0.2, 0.25) is 0 Å². The molecule has 2 N–H and O–H groups in total. The molecule has 0 saturated heterocycles. The number of aromatic amines is 1. The summed E-state index contributed by atoms with van der Waals surface area (Å²) in [5, 5.41) is 4.74. The number of benzene rings is 1. The molecule has 30 heavy (non-hydrogen) atoms. The molecule has 2 aliphatic carbocycles. The van der Waals surface area contributed by atoms with Crippen LogP contribution in [0.15, 0.2) is 101 Å². The second kappa shape index (κ2) is 7.17. The molecule has 2 atom stereocenters. The third-order valence-corrected chi connectivity index (χ3v) is 6.44. The fraction of sp³-hybridized carbons (Fsp3) is 0.222. The van der Waals surface area contributed by atoms with E-state index in [2.05, 4.69) is 97.6 Å². The van der Waals surface area contributed by atoms with Crippen molar-refractivity contribution in [3.8, 4) is 0 Å². The van der Waals surface area contributed by atoms with Crippen molar-refractivity contribution < 1.29 is 0 Å². The lowest BCUT2D eigenvalue weighted by Gasteiger charge is -2.47. The summed E-state index contributed by atoms with van der Waals surface area (Å²) in [5.74, 6) is 0.393. The number of hydrogen-bond acceptors (Lipinski definition) is 2. The fourth-order valence-corrected chi connectivity index (χ4v) is 5.27. The molecule has 3 nitrogen and oxygen atoms in total. The Labute approximate surface area is 178 Å². The Morgan fingerprint density at radius 2 is 2.10 bits per heavy atom. The molecular weight excluding hydrogens is 366 g/mol. The summed E-state index contributed by atoms with van der Waals surface area (Å²) in [6, 6.07) is 8.36. The predicted octanol–water partition coefficient (Wildman–Crippen LogP) is 6.23. The molecular formula is C27H27N3. The van der Waals surface area contributed by atoms with Crippen LogP contribution in [-0.2, 0) is 0 Å². The standard InChI is InChI=1S/C27H27N3/c1-4-23-21-14-18(2)16-27(23,24-12-11-19(3)30-26(24)15-21)29-13-7-8-20-17-28-25-10-6-5-9-22(20)25/h4-14,17,21,28,30H,3,15-16H2,1-2H3/b8-7+,23-4+,29-13+. The molecule has 1 aliphatic heterocycles. The van der Waals surface area contributed by atoms with E-state index in [-0.39, 0.29) is 5.54 Å². The van der Waals surface area contributed by atoms with E-state index < -0.39 is 0 Å². The molecule has 3 aliphatic rings. The quantitative estimate of drug-likeness (QED) is 0.471. The molecule has 1 aromatic heterocycles. The highest BCUT2D eigenvalue weighted by Crippen LogP contribution is 2.52. The molecule has 0 amide bonds. The molecule has 1 aromatic carbocycles. The first kappa shape index (κ1) is 18.7. The van der Waals surface area contributed by atoms with Crippen molar-refractivity contribution in [3.63, 3.8) is 0 Å². The van der Waals surface area contributed by atoms with Gasteiger partial charge in [-0.1, -0.05) is 54.7 Å². The third kappa shape index (κ3) is 2.93. The molecule has 2 heterocycles. The Balaban J connectivity index is 1.54. The number of aliphatic imine (C=N–C) groups is 1. The summed E-state index contributed by atoms with van der Waals surface area (Å²) >= 11 is 0. The van der Waals surface area contributed by atoms with Crippen LogP contribution >= 0.6 is 0 Å². The fourth-order valence-electron chi connectivity index (χ4n) is 5.27. The highest BCUT2D eigenvalue weighted by molar-refractivity contribution is 5.91. The molecule has 0 fully saturated rings. The average molecular weight is 394 g/mol. The second-order valence-corrected chi connectivity index (χ2v) is 8.41. The van der Waals surface area contributed by atoms with Crippen LogP contribution in [0.25, 0.3) is 17.0 Å². The first-order valence-corrected chi connectivity index (χ1v) is 10.6. The van der Waals surface area contributed by atoms with Gasteiger partial charge in [0.1, 0.15) is 5.54 Å². The third-order valence-electron chi connectivity index (χ3n) is 6.44. The van der Waals surface area contributed by atoms with Gasteiger partial charge in [-0.3, -0.25) is 4.99 Å². The summed E-state index contributed by atoms with van der Waals surface area (Å²) in [4.78, 5) is 8.55. The minimum absolute atomic E-state index is 0.333. The zero-order chi connectivity index (χ0) is 20.7. The lowest BCUT2D eigenvalue weighted by molar-refractivity contribution is 0.453. The maximum Gasteiger partial charge on any atom is 0.112 e. The van der Waals surface area contributed by atoms with Crippen LogP contribution in [0.3, 0.4) is 0 Å². The summed E-state index contributed by atoms with van der Waals surface area (Å²) in [6.45, 7) is 8.47. The monoisotopic (exact) mass is 393 g/mol. The minimum atomic E-state index is -0.333. The van der Waals surface area contributed by atoms with E-state index >= 15 is 0 Å². The van der Waals surface area contributed by atoms with Gasteiger partial charge in [0.15, 0.2) is 0 Å². The van der Waals surface area contributed by atoms with Crippen molar-refractivity contribution in [3.05, 3.63) is 101 Å². The van der Waals surface area contributed by atoms with Crippen molar-refractivity contribution in [1.82, 2.24) is 10.3 Å². The Kier molecular flexibility index (Phi) is 4.47. The highest BCUT2D eigenvalue weighted by atomic mass is 15.0. The lowest BCUT2D eigenvalue weighted by atomic mass is 9.62. The molecule has 5 rings (SSSR count). The van der Waals surface area contributed by atoms with E-state index in [1.807, 2.05) is 6.21 Å². The minimum Gasteiger partial charge on any atom is -0.361 e. The summed E-state index contributed by atoms with van der Waals surface area (Å²) in [5.41, 5.74) is 8.31. The predicted molar refractivity (Wildman–Crippen MR) is 127 cm³/mol. The van der Waals surface area contributed by atoms with Gasteiger partial charge in [-0.25, -0.2) is 0 Å². The van der Waals surface area contributed by atoms with Crippen molar-refractivity contribution in [2.24, 2.45) is 10.9 Å². The number of nitrogens with zero attached hydrogens (tertiary/aromatic N) is 1. The number of aromatic nitrogens is 1. The van der Waals surface area contributed by atoms with Crippen molar-refractivity contribution >= 4 is 23.2 Å². The molecule has 2 aromatic rings. The van der Waals surface area contributed by atoms with Gasteiger partial charge in [0, 0.05) is 52.6 Å². The topological polar surface area (TPSA) is 40.2 Å². The van der Waals surface area contributed by atoms with E-state index in [9.17, 15) is 0 Å². The number of hydrogen-bond donors (Lipinski definition) is 2. The highest BCUT2D eigenvalue weighted by Gasteiger charge is 2.47. The van der Waals surface area contributed by atoms with Gasteiger partial charge < -0.3 is 10.3 Å². The van der Waals surface area contributed by atoms with Crippen LogP contribution in [0.5, 0.6) is 0 Å². The lowest BCUT2D eigenvalue weighted by Crippen LogP contribution is -2.44. The van der Waals surface area contributed by atoms with E-state index in [1.165, 1.54) is 33.4 Å². The first-order valence-electron chi connectivity index (χ1n) is 10.6. The van der Waals surface area contributed by atoms with Gasteiger partial charge in [-0.2, -0.15) is 0 Å². The van der Waals surface area contributed by atoms with E-state index in [0.717, 1.165) is 24.1 Å². The maximum atomic E-state index is 5.22. The molecule has 3 heteroatoms. The molecule has 2 bridgehead atoms. The Morgan fingerprint density at radius 3 is 2.97 bits per heavy atom. The maximum absolute atomic E-state index is 5.22. The molecule has 0 saturated carbocycles. The van der Waals surface area contributed by atoms with Crippen LogP contribution in [0.4, 0.5) is 0 Å². The Bertz CT molecular complexity index is 1210. The number of H-pyrrole nitrogens is 1. The number of allylic oxidation sites excluding steroid dienone is 5. The van der Waals surface area contributed by atoms with Gasteiger partial charge in [-0.05, 0) is 49.6 Å². The van der Waals surface area contributed by atoms with Gasteiger partial charge >= 0.3 is 0 Å². The van der Waals surface area contributed by atoms with Gasteiger partial charge in [0.25, 0.3) is 0 Å². The van der Waals surface area contributed by atoms with Crippen molar-refractivity contribution in [2.45, 2.75) is 32.2 Å². The second-order valence-electron chi connectivity index (χ2n) is 8.41. The SMILES string of the molecule is C=C1C=CC2=C(CC3C=C(C)CC2(/N=C/C=C/c2c[nH]c4ccccc24)/C3=C/C)N1. The van der Waals surface area contributed by atoms with Crippen molar-refractivity contribution in [2.75, 3.05) is 0 Å². The molecule has 150 valence electrons. The van der Waals surface area contributed by atoms with Crippen LogP contribution in [0.1, 0.15) is 32.3 Å². The van der Waals surface area contributed by atoms with Gasteiger partial charge in [0.05, 0.1) is 0 Å². The number of rotatable bonds is 3. The largest absolute Gasteiger partial charge is 0.361 e. The average Bonchev–Trinajstić information content (AvgIpc) is 3.13.